The van der Waals surface area contributed by atoms with Crippen LogP contribution in [0.3, 0.4) is 0 Å². The van der Waals surface area contributed by atoms with E-state index in [1.807, 2.05) is 47.4 Å². The SMILES string of the molecule is C[N+]1=C(/C=C/C=C/C=C/C=C2\N(CC(=O)O)c3ccc4ccccc4c3C2(C)C)C(C)(C)c2cc(I)ccc21. The van der Waals surface area contributed by atoms with E-state index in [9.17, 15) is 9.90 Å². The van der Waals surface area contributed by atoms with Crippen LogP contribution < -0.4 is 4.90 Å². The van der Waals surface area contributed by atoms with E-state index in [-0.39, 0.29) is 17.4 Å². The number of fused-ring (bicyclic) bond motifs is 4. The lowest BCUT2D eigenvalue weighted by Gasteiger charge is -2.25. The molecular formula is C34H34IN2O2+. The molecule has 39 heavy (non-hydrogen) atoms. The Kier molecular flexibility index (Phi) is 7.14. The van der Waals surface area contributed by atoms with Crippen molar-refractivity contribution < 1.29 is 14.5 Å². The molecule has 2 heterocycles. The van der Waals surface area contributed by atoms with E-state index >= 15 is 0 Å². The molecule has 3 aromatic carbocycles. The zero-order valence-corrected chi connectivity index (χ0v) is 25.2. The first-order chi connectivity index (χ1) is 18.5. The molecule has 4 nitrogen and oxygen atoms in total. The largest absolute Gasteiger partial charge is 0.480 e. The molecule has 5 heteroatoms. The highest BCUT2D eigenvalue weighted by molar-refractivity contribution is 14.1. The molecule has 0 bridgehead atoms. The molecule has 0 fully saturated rings. The smallest absolute Gasteiger partial charge is 0.323 e. The Morgan fingerprint density at radius 3 is 2.44 bits per heavy atom. The van der Waals surface area contributed by atoms with Crippen LogP contribution in [0.1, 0.15) is 38.8 Å². The molecule has 0 radical (unpaired) electrons. The standard InChI is InChI=1S/C34H33IN2O2/c1-33(2)26-21-24(35)18-20-27(26)36(5)29(33)15-9-7-6-8-10-16-30-34(3,4)32-25-14-12-11-13-23(25)17-19-28(32)37(30)22-31(38)39/h6-21H,22H2,1-5H3/p+1. The summed E-state index contributed by atoms with van der Waals surface area (Å²) >= 11 is 2.38. The molecule has 0 aliphatic carbocycles. The Hall–Kier alpha value is -3.45. The van der Waals surface area contributed by atoms with Gasteiger partial charge in [0.25, 0.3) is 0 Å². The Balaban J connectivity index is 1.38. The summed E-state index contributed by atoms with van der Waals surface area (Å²) in [7, 11) is 2.13. The maximum atomic E-state index is 11.8. The fraction of sp³-hybridized carbons (Fsp3) is 0.235. The maximum Gasteiger partial charge on any atom is 0.323 e. The summed E-state index contributed by atoms with van der Waals surface area (Å²) in [5.74, 6) is -0.846. The van der Waals surface area contributed by atoms with Gasteiger partial charge in [-0.3, -0.25) is 4.79 Å². The van der Waals surface area contributed by atoms with Crippen molar-refractivity contribution >= 4 is 56.4 Å². The average Bonchev–Trinajstić information content (AvgIpc) is 3.21. The zero-order chi connectivity index (χ0) is 27.9. The van der Waals surface area contributed by atoms with Gasteiger partial charge in [0.1, 0.15) is 13.6 Å². The lowest BCUT2D eigenvalue weighted by Crippen LogP contribution is -2.30. The molecule has 0 atom stereocenters. The van der Waals surface area contributed by atoms with Crippen molar-refractivity contribution in [2.75, 3.05) is 18.5 Å². The number of carboxylic acids is 1. The Labute approximate surface area is 244 Å². The maximum absolute atomic E-state index is 11.8. The van der Waals surface area contributed by atoms with Crippen LogP contribution in [-0.2, 0) is 15.6 Å². The van der Waals surface area contributed by atoms with Crippen molar-refractivity contribution in [1.29, 1.82) is 0 Å². The predicted molar refractivity (Wildman–Crippen MR) is 170 cm³/mol. The Morgan fingerprint density at radius 2 is 1.67 bits per heavy atom. The van der Waals surface area contributed by atoms with Crippen LogP contribution in [0.25, 0.3) is 10.8 Å². The van der Waals surface area contributed by atoms with Crippen molar-refractivity contribution in [2.24, 2.45) is 0 Å². The molecule has 3 aromatic rings. The van der Waals surface area contributed by atoms with Gasteiger partial charge in [0, 0.05) is 38.1 Å². The molecule has 1 N–H and O–H groups in total. The van der Waals surface area contributed by atoms with E-state index in [4.69, 9.17) is 0 Å². The van der Waals surface area contributed by atoms with Crippen LogP contribution in [0.5, 0.6) is 0 Å². The van der Waals surface area contributed by atoms with Gasteiger partial charge < -0.3 is 10.0 Å². The molecule has 0 amide bonds. The minimum absolute atomic E-state index is 0.0588. The van der Waals surface area contributed by atoms with Crippen molar-refractivity contribution in [2.45, 2.75) is 38.5 Å². The molecule has 0 saturated heterocycles. The van der Waals surface area contributed by atoms with Gasteiger partial charge >= 0.3 is 5.97 Å². The zero-order valence-electron chi connectivity index (χ0n) is 23.1. The Morgan fingerprint density at radius 1 is 0.949 bits per heavy atom. The number of carbonyl (C=O) groups is 1. The first-order valence-electron chi connectivity index (χ1n) is 13.2. The highest BCUT2D eigenvalue weighted by Gasteiger charge is 2.43. The lowest BCUT2D eigenvalue weighted by atomic mass is 9.81. The fourth-order valence-electron chi connectivity index (χ4n) is 6.14. The number of hydrogen-bond donors (Lipinski definition) is 1. The second-order valence-electron chi connectivity index (χ2n) is 11.2. The third-order valence-electron chi connectivity index (χ3n) is 7.99. The minimum atomic E-state index is -0.846. The highest BCUT2D eigenvalue weighted by atomic mass is 127. The number of carboxylic acid groups (broad SMARTS) is 1. The lowest BCUT2D eigenvalue weighted by molar-refractivity contribution is -0.401. The summed E-state index contributed by atoms with van der Waals surface area (Å²) in [5.41, 5.74) is 6.61. The van der Waals surface area contributed by atoms with Gasteiger partial charge in [-0.2, -0.15) is 4.58 Å². The van der Waals surface area contributed by atoms with Crippen molar-refractivity contribution in [1.82, 2.24) is 0 Å². The number of nitrogens with zero attached hydrogens (tertiary/aromatic N) is 2. The summed E-state index contributed by atoms with van der Waals surface area (Å²) < 4.78 is 3.53. The van der Waals surface area contributed by atoms with E-state index < -0.39 is 5.97 Å². The fourth-order valence-corrected chi connectivity index (χ4v) is 6.63. The first kappa shape index (κ1) is 27.1. The van der Waals surface area contributed by atoms with E-state index in [0.717, 1.165) is 16.8 Å². The first-order valence-corrected chi connectivity index (χ1v) is 14.3. The van der Waals surface area contributed by atoms with Gasteiger partial charge in [0.05, 0.1) is 5.41 Å². The third-order valence-corrected chi connectivity index (χ3v) is 8.67. The van der Waals surface area contributed by atoms with Crippen LogP contribution in [0.2, 0.25) is 0 Å². The van der Waals surface area contributed by atoms with E-state index in [1.54, 1.807) is 0 Å². The third kappa shape index (κ3) is 4.78. The molecule has 2 aliphatic rings. The number of aliphatic carboxylic acids is 1. The van der Waals surface area contributed by atoms with Gasteiger partial charge in [0.2, 0.25) is 5.69 Å². The van der Waals surface area contributed by atoms with Gasteiger partial charge in [-0.05, 0) is 77.0 Å². The average molecular weight is 630 g/mol. The van der Waals surface area contributed by atoms with Crippen LogP contribution in [0.15, 0.2) is 103 Å². The molecule has 0 unspecified atom stereocenters. The monoisotopic (exact) mass is 629 g/mol. The summed E-state index contributed by atoms with van der Waals surface area (Å²) in [4.78, 5) is 13.7. The van der Waals surface area contributed by atoms with E-state index in [0.29, 0.717) is 0 Å². The quantitative estimate of drug-likeness (QED) is 0.171. The molecule has 198 valence electrons. The Bertz CT molecular complexity index is 1640. The van der Waals surface area contributed by atoms with Gasteiger partial charge in [0.15, 0.2) is 5.71 Å². The van der Waals surface area contributed by atoms with Gasteiger partial charge in [-0.1, -0.05) is 74.6 Å². The van der Waals surface area contributed by atoms with Crippen LogP contribution in [0, 0.1) is 3.57 Å². The number of anilines is 1. The summed E-state index contributed by atoms with van der Waals surface area (Å²) in [6.07, 6.45) is 14.4. The van der Waals surface area contributed by atoms with Crippen molar-refractivity contribution in [3.63, 3.8) is 0 Å². The van der Waals surface area contributed by atoms with Crippen molar-refractivity contribution in [3.8, 4) is 0 Å². The van der Waals surface area contributed by atoms with Crippen LogP contribution in [-0.4, -0.2) is 35.0 Å². The molecular weight excluding hydrogens is 595 g/mol. The van der Waals surface area contributed by atoms with Crippen molar-refractivity contribution in [3.05, 3.63) is 118 Å². The van der Waals surface area contributed by atoms with Crippen LogP contribution >= 0.6 is 22.6 Å². The topological polar surface area (TPSA) is 43.5 Å². The molecule has 5 rings (SSSR count). The minimum Gasteiger partial charge on any atom is -0.480 e. The summed E-state index contributed by atoms with van der Waals surface area (Å²) in [6.45, 7) is 8.82. The van der Waals surface area contributed by atoms with E-state index in [2.05, 4.69) is 117 Å². The number of hydrogen-bond acceptors (Lipinski definition) is 2. The normalized spacial score (nSPS) is 18.8. The number of allylic oxidation sites excluding steroid dienone is 8. The number of rotatable bonds is 6. The van der Waals surface area contributed by atoms with Gasteiger partial charge in [-0.15, -0.1) is 0 Å². The molecule has 0 aromatic heterocycles. The van der Waals surface area contributed by atoms with Gasteiger partial charge in [-0.25, -0.2) is 0 Å². The summed E-state index contributed by atoms with van der Waals surface area (Å²) in [6, 6.07) is 19.1. The molecule has 0 saturated carbocycles. The summed E-state index contributed by atoms with van der Waals surface area (Å²) in [5, 5.41) is 12.0. The van der Waals surface area contributed by atoms with Crippen LogP contribution in [0.4, 0.5) is 11.4 Å². The number of benzene rings is 3. The predicted octanol–water partition coefficient (Wildman–Crippen LogP) is 7.89. The highest BCUT2D eigenvalue weighted by Crippen LogP contribution is 2.50. The molecule has 0 spiro atoms. The second kappa shape index (κ2) is 10.3. The van der Waals surface area contributed by atoms with E-state index in [1.165, 1.54) is 31.5 Å². The second-order valence-corrected chi connectivity index (χ2v) is 12.4. The number of halogens is 1. The molecule has 2 aliphatic heterocycles.